The molecule has 0 saturated heterocycles. The van der Waals surface area contributed by atoms with Crippen LogP contribution in [0.1, 0.15) is 47.8 Å². The molecule has 0 heterocycles. The number of carbonyl (C=O) groups is 1. The van der Waals surface area contributed by atoms with Crippen LogP contribution in [0.2, 0.25) is 0 Å². The maximum absolute atomic E-state index is 12.8. The first-order valence-corrected chi connectivity index (χ1v) is 9.01. The smallest absolute Gasteiger partial charge is 0.258 e. The first-order valence-electron chi connectivity index (χ1n) is 9.01. The van der Waals surface area contributed by atoms with E-state index < -0.39 is 0 Å². The lowest BCUT2D eigenvalue weighted by Gasteiger charge is -2.25. The molecular formula is C22H30N2O. The zero-order valence-electron chi connectivity index (χ0n) is 16.3. The van der Waals surface area contributed by atoms with Gasteiger partial charge in [0.15, 0.2) is 0 Å². The minimum absolute atomic E-state index is 0.0229. The number of benzene rings is 2. The van der Waals surface area contributed by atoms with Crippen molar-refractivity contribution in [3.63, 3.8) is 0 Å². The summed E-state index contributed by atoms with van der Waals surface area (Å²) in [7, 11) is 1.84. The summed E-state index contributed by atoms with van der Waals surface area (Å²) in [5.41, 5.74) is 5.23. The molecule has 0 aliphatic rings. The fourth-order valence-corrected chi connectivity index (χ4v) is 3.13. The zero-order valence-corrected chi connectivity index (χ0v) is 16.3. The Morgan fingerprint density at radius 2 is 1.68 bits per heavy atom. The predicted molar refractivity (Wildman–Crippen MR) is 106 cm³/mol. The molecule has 0 fully saturated rings. The average Bonchev–Trinajstić information content (AvgIpc) is 2.58. The van der Waals surface area contributed by atoms with Gasteiger partial charge < -0.3 is 4.90 Å². The second-order valence-corrected chi connectivity index (χ2v) is 7.01. The molecule has 0 aliphatic carbocycles. The van der Waals surface area contributed by atoms with Gasteiger partial charge in [-0.15, -0.1) is 0 Å². The Hall–Kier alpha value is -2.13. The van der Waals surface area contributed by atoms with Crippen LogP contribution < -0.4 is 4.90 Å². The van der Waals surface area contributed by atoms with Crippen molar-refractivity contribution in [2.24, 2.45) is 0 Å². The standard InChI is InChI=1S/C22H30N2O/c1-7-24(16(2)3)15-19-9-11-20(12-10-19)22(25)23(6)21-13-8-17(4)14-18(21)5/h8-14,16H,7,15H2,1-6H3. The van der Waals surface area contributed by atoms with E-state index in [4.69, 9.17) is 0 Å². The zero-order chi connectivity index (χ0) is 18.6. The van der Waals surface area contributed by atoms with Crippen LogP contribution in [0, 0.1) is 13.8 Å². The van der Waals surface area contributed by atoms with E-state index in [0.29, 0.717) is 6.04 Å². The number of nitrogens with zero attached hydrogens (tertiary/aromatic N) is 2. The number of hydrogen-bond donors (Lipinski definition) is 0. The van der Waals surface area contributed by atoms with Crippen molar-refractivity contribution in [2.45, 2.75) is 47.2 Å². The van der Waals surface area contributed by atoms with Crippen LogP contribution in [-0.4, -0.2) is 30.4 Å². The Morgan fingerprint density at radius 1 is 1.04 bits per heavy atom. The summed E-state index contributed by atoms with van der Waals surface area (Å²) < 4.78 is 0. The lowest BCUT2D eigenvalue weighted by molar-refractivity contribution is 0.0993. The largest absolute Gasteiger partial charge is 0.311 e. The van der Waals surface area contributed by atoms with Crippen molar-refractivity contribution in [1.29, 1.82) is 0 Å². The van der Waals surface area contributed by atoms with Gasteiger partial charge in [0.25, 0.3) is 5.91 Å². The van der Waals surface area contributed by atoms with E-state index in [1.54, 1.807) is 4.90 Å². The number of rotatable bonds is 6. The Balaban J connectivity index is 2.14. The van der Waals surface area contributed by atoms with Crippen molar-refractivity contribution in [3.05, 3.63) is 64.7 Å². The van der Waals surface area contributed by atoms with Gasteiger partial charge in [-0.2, -0.15) is 0 Å². The first-order chi connectivity index (χ1) is 11.8. The molecule has 0 N–H and O–H groups in total. The molecule has 3 nitrogen and oxygen atoms in total. The quantitative estimate of drug-likeness (QED) is 0.754. The molecule has 0 aliphatic heterocycles. The lowest BCUT2D eigenvalue weighted by Crippen LogP contribution is -2.30. The molecule has 2 rings (SSSR count). The van der Waals surface area contributed by atoms with Crippen molar-refractivity contribution in [3.8, 4) is 0 Å². The van der Waals surface area contributed by atoms with Crippen LogP contribution in [0.4, 0.5) is 5.69 Å². The Kier molecular flexibility index (Phi) is 6.38. The summed E-state index contributed by atoms with van der Waals surface area (Å²) in [5, 5.41) is 0. The highest BCUT2D eigenvalue weighted by molar-refractivity contribution is 6.06. The topological polar surface area (TPSA) is 23.6 Å². The third-order valence-corrected chi connectivity index (χ3v) is 4.74. The normalized spacial score (nSPS) is 11.2. The maximum atomic E-state index is 12.8. The van der Waals surface area contributed by atoms with Gasteiger partial charge >= 0.3 is 0 Å². The van der Waals surface area contributed by atoms with E-state index in [0.717, 1.165) is 29.9 Å². The highest BCUT2D eigenvalue weighted by Crippen LogP contribution is 2.22. The van der Waals surface area contributed by atoms with E-state index in [-0.39, 0.29) is 5.91 Å². The molecule has 0 bridgehead atoms. The number of aryl methyl sites for hydroxylation is 2. The molecule has 0 saturated carbocycles. The Labute approximate surface area is 152 Å². The summed E-state index contributed by atoms with van der Waals surface area (Å²) in [6.07, 6.45) is 0. The average molecular weight is 338 g/mol. The Bertz CT molecular complexity index is 719. The molecule has 0 aromatic heterocycles. The molecule has 25 heavy (non-hydrogen) atoms. The van der Waals surface area contributed by atoms with E-state index in [1.165, 1.54) is 11.1 Å². The van der Waals surface area contributed by atoms with Crippen LogP contribution in [0.3, 0.4) is 0 Å². The predicted octanol–water partition coefficient (Wildman–Crippen LogP) is 4.81. The van der Waals surface area contributed by atoms with Crippen LogP contribution in [0.5, 0.6) is 0 Å². The fraction of sp³-hybridized carbons (Fsp3) is 0.409. The van der Waals surface area contributed by atoms with Gasteiger partial charge in [-0.3, -0.25) is 9.69 Å². The molecule has 2 aromatic carbocycles. The maximum Gasteiger partial charge on any atom is 0.258 e. The molecule has 0 radical (unpaired) electrons. The highest BCUT2D eigenvalue weighted by atomic mass is 16.2. The SMILES string of the molecule is CCN(Cc1ccc(C(=O)N(C)c2ccc(C)cc2C)cc1)C(C)C. The fourth-order valence-electron chi connectivity index (χ4n) is 3.13. The summed E-state index contributed by atoms with van der Waals surface area (Å²) in [4.78, 5) is 16.9. The van der Waals surface area contributed by atoms with Crippen molar-refractivity contribution < 1.29 is 4.79 Å². The summed E-state index contributed by atoms with van der Waals surface area (Å²) in [6, 6.07) is 14.7. The summed E-state index contributed by atoms with van der Waals surface area (Å²) in [6.45, 7) is 12.6. The molecule has 134 valence electrons. The highest BCUT2D eigenvalue weighted by Gasteiger charge is 2.15. The van der Waals surface area contributed by atoms with Gasteiger partial charge in [0.1, 0.15) is 0 Å². The van der Waals surface area contributed by atoms with E-state index in [2.05, 4.69) is 50.8 Å². The van der Waals surface area contributed by atoms with E-state index >= 15 is 0 Å². The molecule has 0 atom stereocenters. The van der Waals surface area contributed by atoms with Crippen LogP contribution in [0.25, 0.3) is 0 Å². The van der Waals surface area contributed by atoms with Gasteiger partial charge in [0.2, 0.25) is 0 Å². The first kappa shape index (κ1) is 19.2. The number of hydrogen-bond acceptors (Lipinski definition) is 2. The molecule has 0 unspecified atom stereocenters. The van der Waals surface area contributed by atoms with Crippen molar-refractivity contribution in [1.82, 2.24) is 4.90 Å². The van der Waals surface area contributed by atoms with E-state index in [1.807, 2.05) is 38.2 Å². The monoisotopic (exact) mass is 338 g/mol. The van der Waals surface area contributed by atoms with Crippen molar-refractivity contribution >= 4 is 11.6 Å². The van der Waals surface area contributed by atoms with Gasteiger partial charge in [-0.25, -0.2) is 0 Å². The molecule has 0 spiro atoms. The molecule has 2 aromatic rings. The third kappa shape index (κ3) is 4.70. The van der Waals surface area contributed by atoms with Crippen LogP contribution in [0.15, 0.2) is 42.5 Å². The summed E-state index contributed by atoms with van der Waals surface area (Å²) in [5.74, 6) is 0.0229. The van der Waals surface area contributed by atoms with Gasteiger partial charge in [0.05, 0.1) is 0 Å². The molecule has 1 amide bonds. The minimum atomic E-state index is 0.0229. The van der Waals surface area contributed by atoms with Crippen LogP contribution in [-0.2, 0) is 6.54 Å². The number of carbonyl (C=O) groups excluding carboxylic acids is 1. The minimum Gasteiger partial charge on any atom is -0.311 e. The van der Waals surface area contributed by atoms with Gasteiger partial charge in [0, 0.05) is 30.9 Å². The molecular weight excluding hydrogens is 308 g/mol. The Morgan fingerprint density at radius 3 is 2.20 bits per heavy atom. The van der Waals surface area contributed by atoms with Crippen LogP contribution >= 0.6 is 0 Å². The molecule has 3 heteroatoms. The van der Waals surface area contributed by atoms with E-state index in [9.17, 15) is 4.79 Å². The second-order valence-electron chi connectivity index (χ2n) is 7.01. The van der Waals surface area contributed by atoms with Gasteiger partial charge in [-0.1, -0.05) is 36.8 Å². The summed E-state index contributed by atoms with van der Waals surface area (Å²) >= 11 is 0. The number of anilines is 1. The number of amides is 1. The second kappa shape index (κ2) is 8.30. The van der Waals surface area contributed by atoms with Crippen molar-refractivity contribution in [2.75, 3.05) is 18.5 Å². The third-order valence-electron chi connectivity index (χ3n) is 4.74. The van der Waals surface area contributed by atoms with Gasteiger partial charge in [-0.05, 0) is 63.6 Å². The lowest BCUT2D eigenvalue weighted by atomic mass is 10.1.